The molecule has 0 bridgehead atoms. The lowest BCUT2D eigenvalue weighted by molar-refractivity contribution is -0.385. The zero-order valence-corrected chi connectivity index (χ0v) is 13.2. The maximum atomic E-state index is 11.0. The lowest BCUT2D eigenvalue weighted by atomic mass is 9.99. The van der Waals surface area contributed by atoms with Gasteiger partial charge in [-0.25, -0.2) is 0 Å². The van der Waals surface area contributed by atoms with Crippen LogP contribution in [0.1, 0.15) is 30.6 Å². The van der Waals surface area contributed by atoms with Crippen LogP contribution in [-0.2, 0) is 16.0 Å². The maximum Gasteiger partial charge on any atom is 0.308 e. The molecule has 0 radical (unpaired) electrons. The number of aliphatic hydroxyl groups excluding tert-OH is 2. The van der Waals surface area contributed by atoms with E-state index < -0.39 is 35.2 Å². The van der Waals surface area contributed by atoms with Crippen LogP contribution < -0.4 is 0 Å². The summed E-state index contributed by atoms with van der Waals surface area (Å²) in [7, 11) is 0. The fraction of sp³-hybridized carbons (Fsp3) is 0.429. The Bertz CT molecular complexity index is 605. The minimum atomic E-state index is -1.36. The van der Waals surface area contributed by atoms with E-state index in [1.807, 2.05) is 0 Å². The van der Waals surface area contributed by atoms with Gasteiger partial charge in [-0.1, -0.05) is 23.9 Å². The summed E-state index contributed by atoms with van der Waals surface area (Å²) in [5.74, 6) is -0.894. The number of carboxylic acids is 1. The Morgan fingerprint density at radius 2 is 2.00 bits per heavy atom. The monoisotopic (exact) mass is 343 g/mol. The highest BCUT2D eigenvalue weighted by Crippen LogP contribution is 2.27. The molecule has 3 N–H and O–H groups in total. The van der Waals surface area contributed by atoms with Crippen molar-refractivity contribution >= 4 is 28.5 Å². The van der Waals surface area contributed by atoms with E-state index in [0.717, 1.165) is 17.8 Å². The summed E-state index contributed by atoms with van der Waals surface area (Å²) in [5, 5.41) is 39.6. The summed E-state index contributed by atoms with van der Waals surface area (Å²) < 4.78 is 0. The Kier molecular flexibility index (Phi) is 7.14. The topological polar surface area (TPSA) is 138 Å². The third-order valence-corrected chi connectivity index (χ3v) is 3.92. The molecule has 1 aromatic rings. The van der Waals surface area contributed by atoms with Gasteiger partial charge in [0.2, 0.25) is 0 Å². The van der Waals surface area contributed by atoms with Crippen molar-refractivity contribution < 1.29 is 29.8 Å². The molecule has 0 spiro atoms. The van der Waals surface area contributed by atoms with Gasteiger partial charge >= 0.3 is 5.97 Å². The van der Waals surface area contributed by atoms with E-state index >= 15 is 0 Å². The smallest absolute Gasteiger partial charge is 0.308 e. The van der Waals surface area contributed by atoms with Gasteiger partial charge in [-0.15, -0.1) is 0 Å². The molecule has 0 aromatic heterocycles. The van der Waals surface area contributed by atoms with Crippen molar-refractivity contribution in [3.05, 3.63) is 39.4 Å². The highest BCUT2D eigenvalue weighted by atomic mass is 32.2. The van der Waals surface area contributed by atoms with Gasteiger partial charge in [-0.05, 0) is 12.0 Å². The Labute approximate surface area is 136 Å². The largest absolute Gasteiger partial charge is 0.481 e. The summed E-state index contributed by atoms with van der Waals surface area (Å²) >= 11 is 1.01. The number of carbonyl (C=O) groups excluding carboxylic acids is 1. The maximum absolute atomic E-state index is 11.0. The van der Waals surface area contributed by atoms with Crippen LogP contribution in [0.3, 0.4) is 0 Å². The second-order valence-corrected chi connectivity index (χ2v) is 6.13. The van der Waals surface area contributed by atoms with Crippen molar-refractivity contribution in [3.63, 3.8) is 0 Å². The van der Waals surface area contributed by atoms with E-state index in [1.54, 1.807) is 0 Å². The van der Waals surface area contributed by atoms with Crippen molar-refractivity contribution in [3.8, 4) is 0 Å². The molecule has 23 heavy (non-hydrogen) atoms. The second-order valence-electron chi connectivity index (χ2n) is 4.86. The first kappa shape index (κ1) is 19.1. The van der Waals surface area contributed by atoms with Crippen LogP contribution in [-0.4, -0.2) is 43.2 Å². The lowest BCUT2D eigenvalue weighted by Gasteiger charge is -2.18. The molecule has 2 atom stereocenters. The summed E-state index contributed by atoms with van der Waals surface area (Å²) in [6.07, 6.45) is -2.92. The number of aliphatic carboxylic acids is 1. The van der Waals surface area contributed by atoms with Gasteiger partial charge in [-0.2, -0.15) is 0 Å². The molecule has 126 valence electrons. The Hall–Kier alpha value is -1.97. The predicted molar refractivity (Wildman–Crippen MR) is 83.2 cm³/mol. The number of rotatable bonds is 8. The van der Waals surface area contributed by atoms with Crippen LogP contribution in [0.25, 0.3) is 0 Å². The number of nitrogens with zero attached hydrogens (tertiary/aromatic N) is 1. The first-order valence-corrected chi connectivity index (χ1v) is 7.69. The van der Waals surface area contributed by atoms with Crippen LogP contribution >= 0.6 is 11.8 Å². The highest BCUT2D eigenvalue weighted by molar-refractivity contribution is 8.13. The molecular formula is C14H17NO7S. The molecule has 0 saturated carbocycles. The molecule has 0 heterocycles. The minimum Gasteiger partial charge on any atom is -0.481 e. The van der Waals surface area contributed by atoms with E-state index in [2.05, 4.69) is 0 Å². The number of hydrogen-bond acceptors (Lipinski definition) is 7. The molecular weight excluding hydrogens is 326 g/mol. The molecule has 0 amide bonds. The number of aliphatic hydroxyl groups is 2. The quantitative estimate of drug-likeness (QED) is 0.474. The van der Waals surface area contributed by atoms with E-state index in [0.29, 0.717) is 5.75 Å². The van der Waals surface area contributed by atoms with Gasteiger partial charge in [-0.3, -0.25) is 19.7 Å². The van der Waals surface area contributed by atoms with Gasteiger partial charge in [0.1, 0.15) is 6.10 Å². The SMILES string of the molecule is CC(=O)SCCC(O)C(O)c1ccc(CC(=O)O)c([N+](=O)[O-])c1. The van der Waals surface area contributed by atoms with Crippen LogP contribution in [0, 0.1) is 10.1 Å². The molecule has 0 aliphatic heterocycles. The van der Waals surface area contributed by atoms with Crippen molar-refractivity contribution in [2.24, 2.45) is 0 Å². The van der Waals surface area contributed by atoms with Crippen LogP contribution in [0.4, 0.5) is 5.69 Å². The van der Waals surface area contributed by atoms with Crippen molar-refractivity contribution in [1.82, 2.24) is 0 Å². The average Bonchev–Trinajstić information content (AvgIpc) is 2.45. The zero-order chi connectivity index (χ0) is 17.6. The van der Waals surface area contributed by atoms with E-state index in [1.165, 1.54) is 19.1 Å². The van der Waals surface area contributed by atoms with Crippen molar-refractivity contribution in [1.29, 1.82) is 0 Å². The molecule has 1 aromatic carbocycles. The summed E-state index contributed by atoms with van der Waals surface area (Å²) in [6, 6.07) is 3.66. The summed E-state index contributed by atoms with van der Waals surface area (Å²) in [5.41, 5.74) is -0.291. The van der Waals surface area contributed by atoms with Crippen LogP contribution in [0.2, 0.25) is 0 Å². The lowest BCUT2D eigenvalue weighted by Crippen LogP contribution is -2.19. The zero-order valence-electron chi connectivity index (χ0n) is 12.3. The molecule has 0 aliphatic carbocycles. The first-order chi connectivity index (χ1) is 10.7. The molecule has 1 rings (SSSR count). The summed E-state index contributed by atoms with van der Waals surface area (Å²) in [4.78, 5) is 31.8. The van der Waals surface area contributed by atoms with Crippen molar-refractivity contribution in [2.45, 2.75) is 32.0 Å². The molecule has 0 saturated heterocycles. The number of hydrogen-bond donors (Lipinski definition) is 3. The molecule has 8 nitrogen and oxygen atoms in total. The number of thioether (sulfide) groups is 1. The number of nitro benzene ring substituents is 1. The van der Waals surface area contributed by atoms with Crippen molar-refractivity contribution in [2.75, 3.05) is 5.75 Å². The first-order valence-electron chi connectivity index (χ1n) is 6.71. The Morgan fingerprint density at radius 3 is 2.52 bits per heavy atom. The Balaban J connectivity index is 2.90. The van der Waals surface area contributed by atoms with Gasteiger partial charge in [0, 0.05) is 24.3 Å². The average molecular weight is 343 g/mol. The number of carboxylic acid groups (broad SMARTS) is 1. The van der Waals surface area contributed by atoms with Crippen LogP contribution in [0.15, 0.2) is 18.2 Å². The fourth-order valence-corrected chi connectivity index (χ4v) is 2.60. The van der Waals surface area contributed by atoms with E-state index in [4.69, 9.17) is 5.11 Å². The normalized spacial score (nSPS) is 13.3. The summed E-state index contributed by atoms with van der Waals surface area (Å²) in [6.45, 7) is 1.39. The number of benzene rings is 1. The van der Waals surface area contributed by atoms with E-state index in [9.17, 15) is 29.9 Å². The van der Waals surface area contributed by atoms with Gasteiger partial charge < -0.3 is 15.3 Å². The fourth-order valence-electron chi connectivity index (χ4n) is 1.95. The van der Waals surface area contributed by atoms with Crippen LogP contribution in [0.5, 0.6) is 0 Å². The minimum absolute atomic E-state index is 0.0140. The molecule has 9 heteroatoms. The second kappa shape index (κ2) is 8.61. The van der Waals surface area contributed by atoms with Gasteiger partial charge in [0.15, 0.2) is 5.12 Å². The standard InChI is InChI=1S/C14H17NO7S/c1-8(16)23-5-4-12(17)14(20)10-3-2-9(7-13(18)19)11(6-10)15(21)22/h2-3,6,12,14,17,20H,4-5,7H2,1H3,(H,18,19). The Morgan fingerprint density at radius 1 is 1.35 bits per heavy atom. The highest BCUT2D eigenvalue weighted by Gasteiger charge is 2.23. The third kappa shape index (κ3) is 5.97. The van der Waals surface area contributed by atoms with Gasteiger partial charge in [0.25, 0.3) is 5.69 Å². The molecule has 2 unspecified atom stereocenters. The molecule has 0 fully saturated rings. The van der Waals surface area contributed by atoms with E-state index in [-0.39, 0.29) is 22.7 Å². The molecule has 0 aliphatic rings. The third-order valence-electron chi connectivity index (χ3n) is 3.07. The number of nitro groups is 1. The number of carbonyl (C=O) groups is 2. The van der Waals surface area contributed by atoms with Gasteiger partial charge in [0.05, 0.1) is 17.4 Å². The predicted octanol–water partition coefficient (Wildman–Crippen LogP) is 1.29.